The molecule has 5 saturated carbocycles. The number of rotatable bonds is 54. The van der Waals surface area contributed by atoms with Crippen LogP contribution in [0.15, 0.2) is 0 Å². The van der Waals surface area contributed by atoms with Crippen LogP contribution in [0, 0.1) is 46.3 Å². The molecule has 15 atom stereocenters. The van der Waals surface area contributed by atoms with Crippen LogP contribution in [-0.2, 0) is 67.0 Å². The highest BCUT2D eigenvalue weighted by atomic mass is 16.6. The maximum absolute atomic E-state index is 13.9. The molecule has 1 amide bonds. The van der Waals surface area contributed by atoms with Crippen LogP contribution in [0.3, 0.4) is 0 Å². The summed E-state index contributed by atoms with van der Waals surface area (Å²) in [4.78, 5) is 151. The molecule has 105 heavy (non-hydrogen) atoms. The van der Waals surface area contributed by atoms with E-state index in [1.165, 1.54) is 9.80 Å². The number of aliphatic carboxylic acids is 11. The van der Waals surface area contributed by atoms with E-state index in [1.54, 1.807) is 0 Å². The third-order valence-corrected chi connectivity index (χ3v) is 22.5. The SMILES string of the molecule is CC(CCC(=O)O)C1CCC2C3C(C[C@H](O)[C@]12C)[C@@]1(C)CCC(OC(=O)NC2CC(OCNCCCC[C@@H](C(=O)O)N(CCN(CC(=O)O)CC(=O)O)CCN(CC(=O)O)CC(=O)O)C(OCNCCCC[C@@H](C(=O)O)N(CCN(CC(=O)O)CC(=O)O)CCN(CC(=O)O)CC(=O)O)C2)C[C@H]1C[C@H]3O. The molecule has 0 aromatic heterocycles. The molecule has 16 N–H and O–H groups in total. The van der Waals surface area contributed by atoms with Crippen molar-refractivity contribution in [3.63, 3.8) is 0 Å². The summed E-state index contributed by atoms with van der Waals surface area (Å²) in [7, 11) is 0. The molecule has 0 heterocycles. The number of fused-ring (bicyclic) bond motifs is 5. The smallest absolute Gasteiger partial charge is 0.407 e. The zero-order chi connectivity index (χ0) is 77.9. The van der Waals surface area contributed by atoms with E-state index < -0.39 is 178 Å². The lowest BCUT2D eigenvalue weighted by atomic mass is 9.43. The van der Waals surface area contributed by atoms with Crippen molar-refractivity contribution in [1.29, 1.82) is 0 Å². The van der Waals surface area contributed by atoms with Gasteiger partial charge in [-0.15, -0.1) is 0 Å². The number of ether oxygens (including phenoxy) is 3. The molecule has 5 aliphatic rings. The van der Waals surface area contributed by atoms with E-state index in [0.29, 0.717) is 77.3 Å². The number of nitrogens with zero attached hydrogens (tertiary/aromatic N) is 6. The summed E-state index contributed by atoms with van der Waals surface area (Å²) >= 11 is 0. The van der Waals surface area contributed by atoms with Gasteiger partial charge >= 0.3 is 71.8 Å². The van der Waals surface area contributed by atoms with Gasteiger partial charge in [-0.1, -0.05) is 33.6 Å². The molecule has 0 aliphatic heterocycles. The first kappa shape index (κ1) is 88.6. The summed E-state index contributed by atoms with van der Waals surface area (Å²) in [6.45, 7) is 0.0294. The van der Waals surface area contributed by atoms with Gasteiger partial charge in [0.2, 0.25) is 0 Å². The summed E-state index contributed by atoms with van der Waals surface area (Å²) in [5, 5.41) is 139. The van der Waals surface area contributed by atoms with Gasteiger partial charge < -0.3 is 85.9 Å². The Kier molecular flexibility index (Phi) is 36.3. The molecular formula is C68H113N9O28. The van der Waals surface area contributed by atoms with Gasteiger partial charge in [0.15, 0.2) is 0 Å². The molecule has 0 saturated heterocycles. The first-order valence-electron chi connectivity index (χ1n) is 36.3. The average Bonchev–Trinajstić information content (AvgIpc) is 1.52. The van der Waals surface area contributed by atoms with Crippen LogP contribution in [0.1, 0.15) is 130 Å². The lowest BCUT2D eigenvalue weighted by Gasteiger charge is -2.63. The van der Waals surface area contributed by atoms with Crippen LogP contribution in [0.25, 0.3) is 0 Å². The number of unbranched alkanes of at least 4 members (excludes halogenated alkanes) is 2. The van der Waals surface area contributed by atoms with E-state index in [0.717, 1.165) is 32.4 Å². The Morgan fingerprint density at radius 1 is 0.467 bits per heavy atom. The number of hydrogen-bond acceptors (Lipinski definition) is 25. The van der Waals surface area contributed by atoms with Crippen LogP contribution in [0.2, 0.25) is 0 Å². The minimum Gasteiger partial charge on any atom is -0.481 e. The maximum atomic E-state index is 13.9. The molecule has 598 valence electrons. The average molecular weight is 1500 g/mol. The Labute approximate surface area is 609 Å². The number of nitrogens with one attached hydrogen (secondary N) is 3. The van der Waals surface area contributed by atoms with Crippen LogP contribution < -0.4 is 16.0 Å². The third kappa shape index (κ3) is 28.6. The third-order valence-electron chi connectivity index (χ3n) is 22.5. The van der Waals surface area contributed by atoms with E-state index in [4.69, 9.17) is 14.2 Å². The van der Waals surface area contributed by atoms with Crippen molar-refractivity contribution in [2.45, 2.75) is 179 Å². The number of carboxylic acids is 11. The standard InChI is InChI=1S/C68H113N9O28/c1-41(10-13-54(80)81)45-11-12-46-63-47(30-53(79)68(45,46)3)67(2)15-14-44(26-42(67)27-50(63)78)105-66(102)71-43-28-51(103-39-69-16-6-4-8-48(64(98)99)76(22-18-72(31-55(82)83)32-56(84)85)23-19-73(33-57(86)87)34-58(88)89)52(29-43)104-40-70-17-7-5-9-49(65(100)101)77(24-20-74(35-59(90)91)36-60(92)93)25-21-75(37-61(94)95)38-62(96)97/h41-53,63,69-70,78-79H,4-40H2,1-3H3,(H,71,102)(H,80,81)(H,82,83)(H,84,85)(H,86,87)(H,88,89)(H,90,91)(H,92,93)(H,94,95)(H,96,97)(H,98,99)(H,100,101)/t41?,42-,43?,44?,45?,46?,47?,48-,49-,50+,51?,52?,53-,63?,67-,68+/m0/s1. The number of amides is 1. The predicted molar refractivity (Wildman–Crippen MR) is 366 cm³/mol. The van der Waals surface area contributed by atoms with Crippen LogP contribution in [0.5, 0.6) is 0 Å². The summed E-state index contributed by atoms with van der Waals surface area (Å²) in [6.07, 6.45) is 3.38. The molecular weight excluding hydrogens is 1390 g/mol. The van der Waals surface area contributed by atoms with Crippen LogP contribution in [-0.4, -0.2) is 347 Å². The number of aliphatic hydroxyl groups excluding tert-OH is 2. The van der Waals surface area contributed by atoms with Crippen molar-refractivity contribution < 1.29 is 138 Å². The fraction of sp³-hybridized carbons (Fsp3) is 0.824. The van der Waals surface area contributed by atoms with Gasteiger partial charge in [-0.2, -0.15) is 0 Å². The zero-order valence-electron chi connectivity index (χ0n) is 60.4. The number of hydrogen-bond donors (Lipinski definition) is 16. The molecule has 0 spiro atoms. The first-order valence-corrected chi connectivity index (χ1v) is 36.3. The number of carboxylic acid groups (broad SMARTS) is 11. The summed E-state index contributed by atoms with van der Waals surface area (Å²) < 4.78 is 18.8. The van der Waals surface area contributed by atoms with Gasteiger partial charge in [-0.25, -0.2) is 4.79 Å². The highest BCUT2D eigenvalue weighted by Crippen LogP contribution is 2.68. The van der Waals surface area contributed by atoms with Crippen molar-refractivity contribution in [3.05, 3.63) is 0 Å². The van der Waals surface area contributed by atoms with E-state index >= 15 is 0 Å². The summed E-state index contributed by atoms with van der Waals surface area (Å²) in [5.74, 6) is -13.8. The fourth-order valence-electron chi connectivity index (χ4n) is 17.4. The second-order valence-corrected chi connectivity index (χ2v) is 29.6. The Morgan fingerprint density at radius 3 is 1.24 bits per heavy atom. The molecule has 37 nitrogen and oxygen atoms in total. The summed E-state index contributed by atoms with van der Waals surface area (Å²) in [5.41, 5.74) is -0.712. The fourth-order valence-corrected chi connectivity index (χ4v) is 17.4. The van der Waals surface area contributed by atoms with Gasteiger partial charge in [-0.05, 0) is 149 Å². The molecule has 8 unspecified atom stereocenters. The van der Waals surface area contributed by atoms with E-state index in [-0.39, 0.29) is 139 Å². The van der Waals surface area contributed by atoms with Crippen molar-refractivity contribution in [2.75, 3.05) is 131 Å². The molecule has 0 aromatic rings. The Hall–Kier alpha value is -7.04. The number of alkyl carbamates (subject to hydrolysis) is 1. The van der Waals surface area contributed by atoms with Gasteiger partial charge in [-0.3, -0.25) is 92.8 Å². The Morgan fingerprint density at radius 2 is 0.867 bits per heavy atom. The topological polar surface area (TPSA) is 551 Å². The largest absolute Gasteiger partial charge is 0.481 e. The van der Waals surface area contributed by atoms with Gasteiger partial charge in [0.05, 0.1) is 90.2 Å². The monoisotopic (exact) mass is 1500 g/mol. The lowest BCUT2D eigenvalue weighted by molar-refractivity contribution is -0.207. The summed E-state index contributed by atoms with van der Waals surface area (Å²) in [6, 6.07) is -2.99. The van der Waals surface area contributed by atoms with E-state index in [9.17, 15) is 124 Å². The minimum atomic E-state index is -1.33. The van der Waals surface area contributed by atoms with E-state index in [2.05, 4.69) is 36.7 Å². The molecule has 5 aliphatic carbocycles. The second kappa shape index (κ2) is 43.1. The van der Waals surface area contributed by atoms with Crippen molar-refractivity contribution >= 4 is 71.8 Å². The minimum absolute atomic E-state index is 0.00650. The van der Waals surface area contributed by atoms with E-state index in [1.807, 2.05) is 0 Å². The number of carbonyl (C=O) groups is 12. The van der Waals surface area contributed by atoms with Gasteiger partial charge in [0.25, 0.3) is 0 Å². The highest BCUT2D eigenvalue weighted by Gasteiger charge is 2.66. The van der Waals surface area contributed by atoms with Crippen LogP contribution in [0.4, 0.5) is 4.79 Å². The molecule has 5 rings (SSSR count). The van der Waals surface area contributed by atoms with Crippen LogP contribution >= 0.6 is 0 Å². The van der Waals surface area contributed by atoms with Gasteiger partial charge in [0, 0.05) is 64.8 Å². The normalized spacial score (nSPS) is 26.6. The Balaban J connectivity index is 1.23. The molecule has 0 radical (unpaired) electrons. The quantitative estimate of drug-likeness (QED) is 0.0280. The zero-order valence-corrected chi connectivity index (χ0v) is 60.4. The lowest BCUT2D eigenvalue weighted by Crippen LogP contribution is -2.62. The number of carbonyl (C=O) groups excluding carboxylic acids is 1. The highest BCUT2D eigenvalue weighted by molar-refractivity contribution is 5.76. The first-order chi connectivity index (χ1) is 49.5. The van der Waals surface area contributed by atoms with Crippen molar-refractivity contribution in [3.8, 4) is 0 Å². The van der Waals surface area contributed by atoms with Crippen molar-refractivity contribution in [2.24, 2.45) is 46.3 Å². The van der Waals surface area contributed by atoms with Gasteiger partial charge in [0.1, 0.15) is 18.2 Å². The Bertz CT molecular complexity index is 2630. The molecule has 37 heteroatoms. The second-order valence-electron chi connectivity index (χ2n) is 29.6. The number of aliphatic hydroxyl groups is 2. The molecule has 0 bridgehead atoms. The predicted octanol–water partition coefficient (Wildman–Crippen LogP) is -0.0546. The molecule has 0 aromatic carbocycles. The maximum Gasteiger partial charge on any atom is 0.407 e. The molecule has 5 fully saturated rings. The van der Waals surface area contributed by atoms with Crippen molar-refractivity contribution in [1.82, 2.24) is 45.3 Å².